The maximum absolute atomic E-state index is 6.24. The Hall–Kier alpha value is -0.530. The van der Waals surface area contributed by atoms with Crippen LogP contribution >= 0.6 is 11.6 Å². The lowest BCUT2D eigenvalue weighted by Gasteiger charge is -2.49. The number of piperidine rings is 1. The van der Waals surface area contributed by atoms with Crippen molar-refractivity contribution in [2.24, 2.45) is 11.3 Å². The smallest absolute Gasteiger partial charge is 0.0408 e. The Bertz CT molecular complexity index is 462. The number of hydrogen-bond donors (Lipinski definition) is 1. The molecule has 0 aromatic heterocycles. The third-order valence-electron chi connectivity index (χ3n) is 5.94. The van der Waals surface area contributed by atoms with Gasteiger partial charge in [0.25, 0.3) is 0 Å². The molecule has 0 amide bonds. The predicted octanol–water partition coefficient (Wildman–Crippen LogP) is 5.39. The zero-order valence-electron chi connectivity index (χ0n) is 13.2. The van der Waals surface area contributed by atoms with E-state index >= 15 is 0 Å². The van der Waals surface area contributed by atoms with Gasteiger partial charge in [0, 0.05) is 17.5 Å². The summed E-state index contributed by atoms with van der Waals surface area (Å²) >= 11 is 6.24. The monoisotopic (exact) mass is 305 g/mol. The van der Waals surface area contributed by atoms with Crippen LogP contribution in [0.3, 0.4) is 0 Å². The number of halogens is 1. The lowest BCUT2D eigenvalue weighted by Crippen LogP contribution is -2.45. The molecule has 3 rings (SSSR count). The van der Waals surface area contributed by atoms with E-state index in [2.05, 4.69) is 30.4 Å². The van der Waals surface area contributed by atoms with Gasteiger partial charge in [-0.2, -0.15) is 0 Å². The van der Waals surface area contributed by atoms with Crippen LogP contribution in [0.4, 0.5) is 0 Å². The zero-order chi connectivity index (χ0) is 14.7. The van der Waals surface area contributed by atoms with Crippen molar-refractivity contribution in [2.75, 3.05) is 13.1 Å². The molecule has 2 aliphatic rings. The molecule has 1 atom stereocenters. The van der Waals surface area contributed by atoms with Crippen molar-refractivity contribution >= 4 is 11.6 Å². The molecule has 1 unspecified atom stereocenters. The van der Waals surface area contributed by atoms with E-state index in [4.69, 9.17) is 11.6 Å². The molecule has 2 heteroatoms. The number of hydrogen-bond acceptors (Lipinski definition) is 1. The highest BCUT2D eigenvalue weighted by molar-refractivity contribution is 6.30. The summed E-state index contributed by atoms with van der Waals surface area (Å²) in [7, 11) is 0. The van der Waals surface area contributed by atoms with Gasteiger partial charge in [-0.05, 0) is 67.7 Å². The van der Waals surface area contributed by atoms with E-state index in [1.807, 2.05) is 6.07 Å². The summed E-state index contributed by atoms with van der Waals surface area (Å²) in [6.45, 7) is 4.64. The first-order chi connectivity index (χ1) is 10.2. The van der Waals surface area contributed by atoms with Crippen molar-refractivity contribution in [1.82, 2.24) is 5.32 Å². The quantitative estimate of drug-likeness (QED) is 0.789. The van der Waals surface area contributed by atoms with Gasteiger partial charge >= 0.3 is 0 Å². The summed E-state index contributed by atoms with van der Waals surface area (Å²) in [6.07, 6.45) is 9.80. The molecule has 1 aliphatic heterocycles. The molecule has 1 aromatic rings. The molecular weight excluding hydrogens is 278 g/mol. The van der Waals surface area contributed by atoms with E-state index in [-0.39, 0.29) is 0 Å². The molecule has 0 bridgehead atoms. The molecule has 1 aromatic carbocycles. The Balaban J connectivity index is 1.79. The Labute approximate surface area is 134 Å². The summed E-state index contributed by atoms with van der Waals surface area (Å²) in [5.41, 5.74) is 1.98. The van der Waals surface area contributed by atoms with Gasteiger partial charge in [0.2, 0.25) is 0 Å². The summed E-state index contributed by atoms with van der Waals surface area (Å²) in [4.78, 5) is 0. The molecule has 1 spiro atoms. The minimum atomic E-state index is 0.528. The maximum Gasteiger partial charge on any atom is 0.0408 e. The second-order valence-corrected chi connectivity index (χ2v) is 7.59. The SMILES string of the molecule is CCCC1CCC2(CCNCC2c2cccc(Cl)c2)CC1. The standard InChI is InChI=1S/C19H28ClN/c1-2-4-15-7-9-19(10-8-15)11-12-21-14-18(19)16-5-3-6-17(20)13-16/h3,5-6,13,15,18,21H,2,4,7-12,14H2,1H3. The molecule has 1 aliphatic carbocycles. The number of rotatable bonds is 3. The third kappa shape index (κ3) is 3.29. The average molecular weight is 306 g/mol. The fourth-order valence-electron chi connectivity index (χ4n) is 4.72. The third-order valence-corrected chi connectivity index (χ3v) is 6.17. The highest BCUT2D eigenvalue weighted by Gasteiger charge is 2.43. The topological polar surface area (TPSA) is 12.0 Å². The van der Waals surface area contributed by atoms with Gasteiger partial charge in [0.1, 0.15) is 0 Å². The lowest BCUT2D eigenvalue weighted by molar-refractivity contribution is 0.0768. The molecule has 1 N–H and O–H groups in total. The Morgan fingerprint density at radius 2 is 2.05 bits per heavy atom. The van der Waals surface area contributed by atoms with Gasteiger partial charge in [-0.15, -0.1) is 0 Å². The van der Waals surface area contributed by atoms with E-state index in [9.17, 15) is 0 Å². The van der Waals surface area contributed by atoms with Gasteiger partial charge in [0.05, 0.1) is 0 Å². The summed E-state index contributed by atoms with van der Waals surface area (Å²) in [5, 5.41) is 4.50. The van der Waals surface area contributed by atoms with Crippen LogP contribution in [0.1, 0.15) is 63.4 Å². The summed E-state index contributed by atoms with van der Waals surface area (Å²) in [5.74, 6) is 1.63. The molecule has 1 saturated heterocycles. The Kier molecular flexibility index (Phi) is 4.91. The summed E-state index contributed by atoms with van der Waals surface area (Å²) < 4.78 is 0. The van der Waals surface area contributed by atoms with E-state index in [1.165, 1.54) is 57.1 Å². The normalized spacial score (nSPS) is 33.2. The molecule has 116 valence electrons. The molecule has 2 fully saturated rings. The second kappa shape index (κ2) is 6.71. The first-order valence-electron chi connectivity index (χ1n) is 8.70. The molecular formula is C19H28ClN. The van der Waals surface area contributed by atoms with Crippen molar-refractivity contribution in [3.8, 4) is 0 Å². The first kappa shape index (κ1) is 15.4. The second-order valence-electron chi connectivity index (χ2n) is 7.16. The highest BCUT2D eigenvalue weighted by Crippen LogP contribution is 2.52. The van der Waals surface area contributed by atoms with Gasteiger partial charge in [0.15, 0.2) is 0 Å². The van der Waals surface area contributed by atoms with Crippen molar-refractivity contribution in [3.63, 3.8) is 0 Å². The lowest BCUT2D eigenvalue weighted by atomic mass is 9.58. The predicted molar refractivity (Wildman–Crippen MR) is 91.0 cm³/mol. The van der Waals surface area contributed by atoms with Crippen LogP contribution in [0, 0.1) is 11.3 Å². The zero-order valence-corrected chi connectivity index (χ0v) is 14.0. The van der Waals surface area contributed by atoms with Crippen LogP contribution in [0.5, 0.6) is 0 Å². The van der Waals surface area contributed by atoms with Crippen molar-refractivity contribution in [2.45, 2.75) is 57.8 Å². The van der Waals surface area contributed by atoms with Gasteiger partial charge < -0.3 is 5.32 Å². The largest absolute Gasteiger partial charge is 0.316 e. The van der Waals surface area contributed by atoms with Gasteiger partial charge in [-0.1, -0.05) is 43.5 Å². The minimum absolute atomic E-state index is 0.528. The minimum Gasteiger partial charge on any atom is -0.316 e. The van der Waals surface area contributed by atoms with E-state index in [0.29, 0.717) is 11.3 Å². The van der Waals surface area contributed by atoms with Crippen LogP contribution in [-0.2, 0) is 0 Å². The van der Waals surface area contributed by atoms with Gasteiger partial charge in [-0.25, -0.2) is 0 Å². The van der Waals surface area contributed by atoms with E-state index in [0.717, 1.165) is 17.5 Å². The van der Waals surface area contributed by atoms with Crippen LogP contribution < -0.4 is 5.32 Å². The molecule has 1 nitrogen and oxygen atoms in total. The number of nitrogens with one attached hydrogen (secondary N) is 1. The molecule has 21 heavy (non-hydrogen) atoms. The molecule has 0 radical (unpaired) electrons. The maximum atomic E-state index is 6.24. The van der Waals surface area contributed by atoms with Gasteiger partial charge in [-0.3, -0.25) is 0 Å². The van der Waals surface area contributed by atoms with Crippen molar-refractivity contribution in [3.05, 3.63) is 34.9 Å². The van der Waals surface area contributed by atoms with Crippen LogP contribution in [-0.4, -0.2) is 13.1 Å². The Morgan fingerprint density at radius 1 is 1.24 bits per heavy atom. The Morgan fingerprint density at radius 3 is 2.76 bits per heavy atom. The summed E-state index contributed by atoms with van der Waals surface area (Å²) in [6, 6.07) is 8.58. The fraction of sp³-hybridized carbons (Fsp3) is 0.684. The fourth-order valence-corrected chi connectivity index (χ4v) is 4.92. The van der Waals surface area contributed by atoms with Crippen LogP contribution in [0.15, 0.2) is 24.3 Å². The molecule has 1 saturated carbocycles. The average Bonchev–Trinajstić information content (AvgIpc) is 2.50. The number of benzene rings is 1. The van der Waals surface area contributed by atoms with Crippen molar-refractivity contribution in [1.29, 1.82) is 0 Å². The van der Waals surface area contributed by atoms with Crippen molar-refractivity contribution < 1.29 is 0 Å². The first-order valence-corrected chi connectivity index (χ1v) is 9.07. The molecule has 1 heterocycles. The highest BCUT2D eigenvalue weighted by atomic mass is 35.5. The van der Waals surface area contributed by atoms with E-state index < -0.39 is 0 Å². The van der Waals surface area contributed by atoms with Crippen LogP contribution in [0.2, 0.25) is 5.02 Å². The van der Waals surface area contributed by atoms with Crippen LogP contribution in [0.25, 0.3) is 0 Å². The van der Waals surface area contributed by atoms with E-state index in [1.54, 1.807) is 0 Å².